The second-order valence-corrected chi connectivity index (χ2v) is 3.33. The number of nitrogens with zero attached hydrogens (tertiary/aromatic N) is 1. The highest BCUT2D eigenvalue weighted by Crippen LogP contribution is 2.27. The van der Waals surface area contributed by atoms with Crippen molar-refractivity contribution in [3.63, 3.8) is 0 Å². The first-order chi connectivity index (χ1) is 6.97. The molecule has 0 spiro atoms. The molecule has 0 N–H and O–H groups in total. The molecule has 1 heterocycles. The highest BCUT2D eigenvalue weighted by Gasteiger charge is 2.21. The van der Waals surface area contributed by atoms with Crippen molar-refractivity contribution in [1.29, 1.82) is 0 Å². The molecule has 0 aliphatic carbocycles. The van der Waals surface area contributed by atoms with Crippen molar-refractivity contribution in [3.8, 4) is 0 Å². The van der Waals surface area contributed by atoms with Gasteiger partial charge in [0.25, 0.3) is 6.43 Å². The van der Waals surface area contributed by atoms with Gasteiger partial charge in [-0.05, 0) is 22.0 Å². The molecule has 15 heavy (non-hydrogen) atoms. The smallest absolute Gasteiger partial charge is 0.359 e. The number of hydrogen-bond acceptors (Lipinski definition) is 3. The summed E-state index contributed by atoms with van der Waals surface area (Å²) in [4.78, 5) is 14.1. The van der Waals surface area contributed by atoms with Crippen molar-refractivity contribution in [2.24, 2.45) is 0 Å². The Morgan fingerprint density at radius 3 is 2.67 bits per heavy atom. The van der Waals surface area contributed by atoms with Crippen LogP contribution in [-0.2, 0) is 4.74 Å². The Morgan fingerprint density at radius 1 is 1.60 bits per heavy atom. The number of ether oxygens (including phenoxy) is 1. The Kier molecular flexibility index (Phi) is 3.67. The molecule has 0 aliphatic heterocycles. The minimum Gasteiger partial charge on any atom is -0.464 e. The van der Waals surface area contributed by atoms with Crippen molar-refractivity contribution in [1.82, 2.24) is 4.98 Å². The largest absolute Gasteiger partial charge is 0.464 e. The molecule has 3 nitrogen and oxygen atoms in total. The average Bonchev–Trinajstić information content (AvgIpc) is 2.16. The van der Waals surface area contributed by atoms with E-state index in [-0.39, 0.29) is 4.47 Å². The number of carbonyl (C=O) groups is 1. The van der Waals surface area contributed by atoms with Crippen LogP contribution in [0.3, 0.4) is 0 Å². The predicted molar refractivity (Wildman–Crippen MR) is 48.2 cm³/mol. The maximum Gasteiger partial charge on any atom is 0.359 e. The van der Waals surface area contributed by atoms with E-state index in [1.54, 1.807) is 0 Å². The molecule has 82 valence electrons. The molecule has 0 fully saturated rings. The van der Waals surface area contributed by atoms with Crippen LogP contribution in [-0.4, -0.2) is 18.1 Å². The summed E-state index contributed by atoms with van der Waals surface area (Å²) in [6.07, 6.45) is -2.90. The van der Waals surface area contributed by atoms with Gasteiger partial charge in [0.15, 0.2) is 11.5 Å². The Hall–Kier alpha value is -1.11. The van der Waals surface area contributed by atoms with E-state index in [9.17, 15) is 18.0 Å². The maximum absolute atomic E-state index is 13.1. The van der Waals surface area contributed by atoms with Crippen molar-refractivity contribution in [3.05, 3.63) is 27.7 Å². The molecule has 0 aromatic carbocycles. The van der Waals surface area contributed by atoms with Crippen molar-refractivity contribution < 1.29 is 22.7 Å². The lowest BCUT2D eigenvalue weighted by Gasteiger charge is -2.05. The Morgan fingerprint density at radius 2 is 2.20 bits per heavy atom. The molecule has 0 saturated heterocycles. The zero-order chi connectivity index (χ0) is 11.6. The molecule has 0 unspecified atom stereocenters. The van der Waals surface area contributed by atoms with E-state index in [2.05, 4.69) is 25.7 Å². The quantitative estimate of drug-likeness (QED) is 0.784. The Balaban J connectivity index is 3.29. The van der Waals surface area contributed by atoms with E-state index in [0.717, 1.165) is 13.2 Å². The summed E-state index contributed by atoms with van der Waals surface area (Å²) < 4.78 is 41.8. The second kappa shape index (κ2) is 4.61. The van der Waals surface area contributed by atoms with Crippen LogP contribution >= 0.6 is 15.9 Å². The van der Waals surface area contributed by atoms with E-state index >= 15 is 0 Å². The van der Waals surface area contributed by atoms with Gasteiger partial charge in [-0.1, -0.05) is 0 Å². The number of pyridine rings is 1. The highest BCUT2D eigenvalue weighted by molar-refractivity contribution is 9.10. The second-order valence-electron chi connectivity index (χ2n) is 2.48. The number of hydrogen-bond donors (Lipinski definition) is 0. The van der Waals surface area contributed by atoms with E-state index in [4.69, 9.17) is 0 Å². The monoisotopic (exact) mass is 283 g/mol. The molecule has 0 amide bonds. The van der Waals surface area contributed by atoms with Crippen LogP contribution in [0, 0.1) is 5.82 Å². The van der Waals surface area contributed by atoms with Gasteiger partial charge in [0.2, 0.25) is 0 Å². The Labute approximate surface area is 91.4 Å². The molecule has 0 atom stereocenters. The zero-order valence-electron chi connectivity index (χ0n) is 7.43. The molecule has 0 bridgehead atoms. The van der Waals surface area contributed by atoms with Gasteiger partial charge >= 0.3 is 5.97 Å². The van der Waals surface area contributed by atoms with E-state index in [1.807, 2.05) is 0 Å². The van der Waals surface area contributed by atoms with Gasteiger partial charge in [-0.2, -0.15) is 0 Å². The van der Waals surface area contributed by atoms with Crippen LogP contribution in [0.2, 0.25) is 0 Å². The number of aromatic nitrogens is 1. The van der Waals surface area contributed by atoms with Crippen LogP contribution in [0.5, 0.6) is 0 Å². The molecule has 0 saturated carbocycles. The van der Waals surface area contributed by atoms with Crippen molar-refractivity contribution in [2.45, 2.75) is 6.43 Å². The molecule has 0 aliphatic rings. The molecule has 7 heteroatoms. The summed E-state index contributed by atoms with van der Waals surface area (Å²) in [5.41, 5.74) is -1.45. The number of esters is 1. The van der Waals surface area contributed by atoms with Gasteiger partial charge in [0.05, 0.1) is 7.11 Å². The van der Waals surface area contributed by atoms with Crippen molar-refractivity contribution >= 4 is 21.9 Å². The van der Waals surface area contributed by atoms with Gasteiger partial charge in [0, 0.05) is 4.47 Å². The third kappa shape index (κ3) is 2.47. The minimum absolute atomic E-state index is 0.192. The first-order valence-corrected chi connectivity index (χ1v) is 4.49. The zero-order valence-corrected chi connectivity index (χ0v) is 9.02. The summed E-state index contributed by atoms with van der Waals surface area (Å²) in [5.74, 6) is -2.11. The molecule has 1 aromatic rings. The number of alkyl halides is 2. The van der Waals surface area contributed by atoms with Crippen LogP contribution < -0.4 is 0 Å². The topological polar surface area (TPSA) is 39.2 Å². The summed E-state index contributed by atoms with van der Waals surface area (Å²) in [6, 6.07) is 0.751. The average molecular weight is 284 g/mol. The summed E-state index contributed by atoms with van der Waals surface area (Å²) >= 11 is 2.72. The van der Waals surface area contributed by atoms with Crippen LogP contribution in [0.15, 0.2) is 10.5 Å². The number of carbonyl (C=O) groups excluding carboxylic acids is 1. The minimum atomic E-state index is -2.90. The fraction of sp³-hybridized carbons (Fsp3) is 0.250. The Bertz CT molecular complexity index is 398. The number of rotatable bonds is 2. The van der Waals surface area contributed by atoms with Crippen LogP contribution in [0.25, 0.3) is 0 Å². The summed E-state index contributed by atoms with van der Waals surface area (Å²) in [6.45, 7) is 0. The van der Waals surface area contributed by atoms with Gasteiger partial charge in [-0.25, -0.2) is 22.9 Å². The predicted octanol–water partition coefficient (Wildman–Crippen LogP) is 2.71. The van der Waals surface area contributed by atoms with Gasteiger partial charge in [-0.3, -0.25) is 0 Å². The fourth-order valence-corrected chi connectivity index (χ4v) is 1.34. The lowest BCUT2D eigenvalue weighted by molar-refractivity contribution is 0.0586. The normalized spacial score (nSPS) is 10.5. The molecule has 0 radical (unpaired) electrons. The fourth-order valence-electron chi connectivity index (χ4n) is 0.874. The lowest BCUT2D eigenvalue weighted by Crippen LogP contribution is -2.10. The first kappa shape index (κ1) is 12.0. The molecule has 1 rings (SSSR count). The molecule has 1 aromatic heterocycles. The van der Waals surface area contributed by atoms with Crippen LogP contribution in [0.1, 0.15) is 22.6 Å². The maximum atomic E-state index is 13.1. The SMILES string of the molecule is COC(=O)c1nc(C(F)F)c(Br)cc1F. The van der Waals surface area contributed by atoms with Gasteiger partial charge in [0.1, 0.15) is 5.69 Å². The van der Waals surface area contributed by atoms with Crippen LogP contribution in [0.4, 0.5) is 13.2 Å². The standard InChI is InChI=1S/C8H5BrF3NO2/c1-15-8(14)6-4(10)2-3(9)5(13-6)7(11)12/h2,7H,1H3. The first-order valence-electron chi connectivity index (χ1n) is 3.69. The highest BCUT2D eigenvalue weighted by atomic mass is 79.9. The van der Waals surface area contributed by atoms with Crippen molar-refractivity contribution in [2.75, 3.05) is 7.11 Å². The summed E-state index contributed by atoms with van der Waals surface area (Å²) in [7, 11) is 1.01. The summed E-state index contributed by atoms with van der Waals surface area (Å²) in [5, 5.41) is 0. The molecular weight excluding hydrogens is 279 g/mol. The van der Waals surface area contributed by atoms with E-state index in [0.29, 0.717) is 0 Å². The lowest BCUT2D eigenvalue weighted by atomic mass is 10.3. The number of halogens is 4. The van der Waals surface area contributed by atoms with E-state index in [1.165, 1.54) is 0 Å². The van der Waals surface area contributed by atoms with Gasteiger partial charge < -0.3 is 4.74 Å². The van der Waals surface area contributed by atoms with Gasteiger partial charge in [-0.15, -0.1) is 0 Å². The molecular formula is C8H5BrF3NO2. The van der Waals surface area contributed by atoms with E-state index < -0.39 is 29.6 Å². The third-order valence-electron chi connectivity index (χ3n) is 1.54. The third-order valence-corrected chi connectivity index (χ3v) is 2.18. The number of methoxy groups -OCH3 is 1.